The molecule has 2 N–H and O–H groups in total. The number of amides is 1. The molecule has 1 fully saturated rings. The molecule has 1 aliphatic heterocycles. The van der Waals surface area contributed by atoms with Crippen LogP contribution in [0.5, 0.6) is 0 Å². The third-order valence-electron chi connectivity index (χ3n) is 7.22. The maximum Gasteiger partial charge on any atom is 0.308 e. The van der Waals surface area contributed by atoms with E-state index in [1.807, 2.05) is 32.4 Å². The van der Waals surface area contributed by atoms with Crippen LogP contribution in [0.15, 0.2) is 11.1 Å². The molecule has 3 heterocycles. The number of aromatic nitrogens is 4. The number of carbonyl (C=O) groups is 3. The zero-order chi connectivity index (χ0) is 35.9. The molecule has 1 saturated heterocycles. The van der Waals surface area contributed by atoms with E-state index in [2.05, 4.69) is 26.3 Å². The van der Waals surface area contributed by atoms with Crippen LogP contribution in [-0.2, 0) is 37.6 Å². The predicted octanol–water partition coefficient (Wildman–Crippen LogP) is 4.04. The van der Waals surface area contributed by atoms with Crippen molar-refractivity contribution in [3.63, 3.8) is 0 Å². The Balaban J connectivity index is 2.10. The Kier molecular flexibility index (Phi) is 14.0. The van der Waals surface area contributed by atoms with Crippen molar-refractivity contribution < 1.29 is 37.6 Å². The molecule has 1 amide bonds. The molecule has 0 aromatic carbocycles. The van der Waals surface area contributed by atoms with Crippen LogP contribution >= 0.6 is 8.53 Å². The van der Waals surface area contributed by atoms with E-state index >= 15 is 0 Å². The summed E-state index contributed by atoms with van der Waals surface area (Å²) in [6, 6.07) is 2.12. The number of imidazole rings is 1. The second kappa shape index (κ2) is 17.3. The maximum atomic E-state index is 13.1. The average Bonchev–Trinajstić information content (AvgIpc) is 3.56. The highest BCUT2D eigenvalue weighted by Gasteiger charge is 2.52. The summed E-state index contributed by atoms with van der Waals surface area (Å²) in [6.07, 6.45) is -3.03. The van der Waals surface area contributed by atoms with Gasteiger partial charge in [-0.2, -0.15) is 10.2 Å². The molecule has 1 aliphatic rings. The summed E-state index contributed by atoms with van der Waals surface area (Å²) in [5.41, 5.74) is -0.627. The van der Waals surface area contributed by atoms with Crippen molar-refractivity contribution in [1.29, 1.82) is 5.26 Å². The molecule has 2 aromatic heterocycles. The number of fused-ring (bicyclic) bond motifs is 1. The molecular weight excluding hydrogens is 645 g/mol. The van der Waals surface area contributed by atoms with Gasteiger partial charge in [-0.1, -0.05) is 41.5 Å². The lowest BCUT2D eigenvalue weighted by Crippen LogP contribution is -2.42. The first-order valence-corrected chi connectivity index (χ1v) is 17.3. The van der Waals surface area contributed by atoms with E-state index in [1.165, 1.54) is 10.9 Å². The largest absolute Gasteiger partial charge is 0.455 e. The molecular formula is C31H48N7O9P. The van der Waals surface area contributed by atoms with Crippen LogP contribution in [0.2, 0.25) is 0 Å². The zero-order valence-electron chi connectivity index (χ0n) is 29.3. The fourth-order valence-electron chi connectivity index (χ4n) is 4.76. The molecule has 0 aliphatic carbocycles. The van der Waals surface area contributed by atoms with Crippen LogP contribution in [0.4, 0.5) is 5.95 Å². The van der Waals surface area contributed by atoms with Gasteiger partial charge in [-0.15, -0.1) is 0 Å². The minimum absolute atomic E-state index is 0.0246. The Morgan fingerprint density at radius 2 is 1.60 bits per heavy atom. The molecule has 2 aromatic rings. The van der Waals surface area contributed by atoms with E-state index in [1.54, 1.807) is 41.5 Å². The first kappa shape index (κ1) is 39.0. The molecule has 5 atom stereocenters. The fraction of sp³-hybridized carbons (Fsp3) is 0.710. The lowest BCUT2D eigenvalue weighted by Gasteiger charge is -2.36. The van der Waals surface area contributed by atoms with E-state index in [0.29, 0.717) is 0 Å². The maximum absolute atomic E-state index is 13.1. The number of rotatable bonds is 16. The number of H-pyrrole nitrogens is 1. The molecule has 3 rings (SSSR count). The highest BCUT2D eigenvalue weighted by Crippen LogP contribution is 2.47. The summed E-state index contributed by atoms with van der Waals surface area (Å²) < 4.78 is 34.2. The number of nitrogens with one attached hydrogen (secondary N) is 2. The number of carbonyl (C=O) groups excluding carboxylic acids is 3. The Bertz CT molecular complexity index is 1510. The summed E-state index contributed by atoms with van der Waals surface area (Å²) >= 11 is 0. The number of esters is 2. The summed E-state index contributed by atoms with van der Waals surface area (Å²) in [5, 5.41) is 11.7. The monoisotopic (exact) mass is 693 g/mol. The van der Waals surface area contributed by atoms with Gasteiger partial charge in [0.1, 0.15) is 6.10 Å². The summed E-state index contributed by atoms with van der Waals surface area (Å²) in [5.74, 6) is -3.04. The average molecular weight is 694 g/mol. The first-order chi connectivity index (χ1) is 22.6. The Morgan fingerprint density at radius 3 is 2.15 bits per heavy atom. The highest BCUT2D eigenvalue weighted by molar-refractivity contribution is 7.44. The standard InChI is InChI=1S/C31H48N7O9P/c1-16(2)26(39)35-31-34-25-22(27(40)36-31)33-15-37(25)28-24(47-30(42)18(5)6)23(46-29(41)17(3)4)21(45-28)14-44-48(43-13-11-12-32)38(19(7)8)20(9)10/h15-21,23-24,28H,11,13-14H2,1-10H3,(H2,34,35,36,39,40)/t21?,23-,24?,28?,48?/m1/s1. The third-order valence-corrected chi connectivity index (χ3v) is 9.29. The van der Waals surface area contributed by atoms with Gasteiger partial charge in [0.25, 0.3) is 14.1 Å². The topological polar surface area (TPSA) is 200 Å². The molecule has 0 radical (unpaired) electrons. The van der Waals surface area contributed by atoms with Crippen LogP contribution in [0.1, 0.15) is 81.9 Å². The minimum atomic E-state index is -1.70. The SMILES string of the molecule is CC(C)C(=O)Nc1nc2c(ncn2C2OC(COP(OCCC#N)N(C(C)C)C(C)C)[C@@H](OC(=O)C(C)C)C2OC(=O)C(C)C)c(=O)[nH]1. The van der Waals surface area contributed by atoms with Gasteiger partial charge >= 0.3 is 11.9 Å². The molecule has 4 unspecified atom stereocenters. The first-order valence-electron chi connectivity index (χ1n) is 16.1. The number of hydrogen-bond acceptors (Lipinski definition) is 13. The van der Waals surface area contributed by atoms with Crippen molar-refractivity contribution in [2.45, 2.75) is 112 Å². The summed E-state index contributed by atoms with van der Waals surface area (Å²) in [4.78, 5) is 62.6. The van der Waals surface area contributed by atoms with Crippen molar-refractivity contribution in [2.75, 3.05) is 18.5 Å². The smallest absolute Gasteiger partial charge is 0.308 e. The molecule has 17 heteroatoms. The normalized spacial score (nSPS) is 20.3. The quantitative estimate of drug-likeness (QED) is 0.145. The molecule has 0 bridgehead atoms. The van der Waals surface area contributed by atoms with E-state index in [4.69, 9.17) is 28.5 Å². The van der Waals surface area contributed by atoms with Gasteiger partial charge in [-0.3, -0.25) is 34.0 Å². The number of hydrogen-bond donors (Lipinski definition) is 2. The van der Waals surface area contributed by atoms with Crippen molar-refractivity contribution >= 4 is 43.5 Å². The Morgan fingerprint density at radius 1 is 1.00 bits per heavy atom. The lowest BCUT2D eigenvalue weighted by molar-refractivity contribution is -0.172. The van der Waals surface area contributed by atoms with Crippen molar-refractivity contribution in [3.05, 3.63) is 16.7 Å². The van der Waals surface area contributed by atoms with Crippen LogP contribution in [0.25, 0.3) is 11.2 Å². The van der Waals surface area contributed by atoms with Crippen molar-refractivity contribution in [1.82, 2.24) is 24.2 Å². The Labute approximate surface area is 281 Å². The van der Waals surface area contributed by atoms with Gasteiger partial charge in [-0.05, 0) is 27.7 Å². The fourth-order valence-corrected chi connectivity index (χ4v) is 6.37. The van der Waals surface area contributed by atoms with Crippen LogP contribution < -0.4 is 10.9 Å². The second-order valence-corrected chi connectivity index (χ2v) is 14.4. The third kappa shape index (κ3) is 9.57. The van der Waals surface area contributed by atoms with Gasteiger partial charge in [0.05, 0.1) is 43.9 Å². The van der Waals surface area contributed by atoms with Crippen LogP contribution in [0, 0.1) is 29.1 Å². The number of ether oxygens (including phenoxy) is 3. The van der Waals surface area contributed by atoms with Crippen LogP contribution in [-0.4, -0.2) is 85.6 Å². The number of nitrogens with zero attached hydrogens (tertiary/aromatic N) is 5. The van der Waals surface area contributed by atoms with Gasteiger partial charge in [0.15, 0.2) is 29.6 Å². The van der Waals surface area contributed by atoms with Crippen molar-refractivity contribution in [2.24, 2.45) is 17.8 Å². The summed E-state index contributed by atoms with van der Waals surface area (Å²) in [6.45, 7) is 18.1. The summed E-state index contributed by atoms with van der Waals surface area (Å²) in [7, 11) is -1.70. The van der Waals surface area contributed by atoms with Crippen molar-refractivity contribution in [3.8, 4) is 6.07 Å². The zero-order valence-corrected chi connectivity index (χ0v) is 30.1. The molecule has 16 nitrogen and oxygen atoms in total. The Hall–Kier alpha value is -3.48. The molecule has 0 spiro atoms. The van der Waals surface area contributed by atoms with E-state index in [9.17, 15) is 19.2 Å². The minimum Gasteiger partial charge on any atom is -0.455 e. The van der Waals surface area contributed by atoms with Gasteiger partial charge < -0.3 is 23.3 Å². The second-order valence-electron chi connectivity index (χ2n) is 12.9. The highest BCUT2D eigenvalue weighted by atomic mass is 31.2. The van der Waals surface area contributed by atoms with Crippen LogP contribution in [0.3, 0.4) is 0 Å². The number of anilines is 1. The predicted molar refractivity (Wildman–Crippen MR) is 176 cm³/mol. The van der Waals surface area contributed by atoms with Gasteiger partial charge in [0, 0.05) is 18.0 Å². The lowest BCUT2D eigenvalue weighted by atomic mass is 10.1. The molecule has 48 heavy (non-hydrogen) atoms. The van der Waals surface area contributed by atoms with E-state index in [-0.39, 0.29) is 60.7 Å². The molecule has 266 valence electrons. The van der Waals surface area contributed by atoms with E-state index in [0.717, 1.165) is 0 Å². The number of aromatic amines is 1. The number of nitriles is 1. The molecule has 0 saturated carbocycles. The van der Waals surface area contributed by atoms with E-state index < -0.39 is 62.4 Å². The van der Waals surface area contributed by atoms with Gasteiger partial charge in [0.2, 0.25) is 11.9 Å². The van der Waals surface area contributed by atoms with Gasteiger partial charge in [-0.25, -0.2) is 9.65 Å².